The van der Waals surface area contributed by atoms with Crippen molar-refractivity contribution in [2.75, 3.05) is 20.6 Å². The van der Waals surface area contributed by atoms with Crippen LogP contribution in [0.2, 0.25) is 0 Å². The summed E-state index contributed by atoms with van der Waals surface area (Å²) >= 11 is 0. The Morgan fingerprint density at radius 3 is 2.34 bits per heavy atom. The number of aromatic hydroxyl groups is 1. The van der Waals surface area contributed by atoms with Crippen molar-refractivity contribution in [3.05, 3.63) is 28.8 Å². The number of carbonyl (C=O) groups excluding carboxylic acids is 5. The molecule has 2 unspecified atom stereocenters. The van der Waals surface area contributed by atoms with Crippen LogP contribution in [-0.4, -0.2) is 76.4 Å². The molecule has 2 saturated carbocycles. The zero-order valence-electron chi connectivity index (χ0n) is 22.8. The molecule has 1 aromatic rings. The summed E-state index contributed by atoms with van der Waals surface area (Å²) in [5.41, 5.74) is 2.09. The number of aliphatic hydroxyl groups is 1. The maximum atomic E-state index is 14.0. The third-order valence-electron chi connectivity index (χ3n) is 8.53. The molecule has 1 aromatic carbocycles. The standard InChI is InChI=1S/C28H37N3O7/c1-26(2,3)12-30-11-14-8-7-13-9-15-10-27(4)22(31(5)6)21(34)18(25(29)37)24(36)28(27,38)23(35)17(15)20(33)16(13)19(14)32/h7-8,15,17-18,22,30,32,38H,9-12H2,1-6H3,(H2,29,37)/t15-,17?,18?,22+,27-,28-/m0/s1. The number of hydrogen-bond donors (Lipinski definition) is 4. The van der Waals surface area contributed by atoms with Crippen LogP contribution in [0.15, 0.2) is 12.1 Å². The highest BCUT2D eigenvalue weighted by molar-refractivity contribution is 6.32. The normalized spacial score (nSPS) is 33.2. The highest BCUT2D eigenvalue weighted by Crippen LogP contribution is 2.57. The fourth-order valence-electron chi connectivity index (χ4n) is 6.94. The van der Waals surface area contributed by atoms with E-state index in [4.69, 9.17) is 5.73 Å². The van der Waals surface area contributed by atoms with Crippen molar-refractivity contribution in [1.82, 2.24) is 10.2 Å². The Morgan fingerprint density at radius 2 is 1.79 bits per heavy atom. The number of ketones is 4. The number of amides is 1. The van der Waals surface area contributed by atoms with Gasteiger partial charge in [-0.3, -0.25) is 28.9 Å². The van der Waals surface area contributed by atoms with Gasteiger partial charge >= 0.3 is 0 Å². The molecule has 0 spiro atoms. The highest BCUT2D eigenvalue weighted by atomic mass is 16.3. The zero-order chi connectivity index (χ0) is 28.5. The highest BCUT2D eigenvalue weighted by Gasteiger charge is 2.74. The van der Waals surface area contributed by atoms with Crippen molar-refractivity contribution in [3.8, 4) is 5.75 Å². The Kier molecular flexibility index (Phi) is 6.70. The summed E-state index contributed by atoms with van der Waals surface area (Å²) in [5.74, 6) is -9.24. The van der Waals surface area contributed by atoms with E-state index in [9.17, 15) is 34.2 Å². The SMILES string of the molecule is CN(C)[C@@H]1C(=O)C(C(N)=O)C(=O)[C@@]2(O)C(=O)C3C(=O)c4c(ccc(CNCC(C)(C)C)c4O)C[C@H]3C[C@@]12C. The summed E-state index contributed by atoms with van der Waals surface area (Å²) in [6.07, 6.45) is 0.251. The minimum absolute atomic E-state index is 0.00455. The summed E-state index contributed by atoms with van der Waals surface area (Å²) < 4.78 is 0. The van der Waals surface area contributed by atoms with Crippen molar-refractivity contribution in [2.45, 2.75) is 58.7 Å². The number of primary amides is 1. The second-order valence-electron chi connectivity index (χ2n) is 12.7. The van der Waals surface area contributed by atoms with Gasteiger partial charge in [0.05, 0.1) is 17.5 Å². The molecular weight excluding hydrogens is 490 g/mol. The Bertz CT molecular complexity index is 1250. The summed E-state index contributed by atoms with van der Waals surface area (Å²) in [7, 11) is 3.13. The van der Waals surface area contributed by atoms with Gasteiger partial charge in [0.15, 0.2) is 34.7 Å². The van der Waals surface area contributed by atoms with E-state index in [2.05, 4.69) is 26.1 Å². The van der Waals surface area contributed by atoms with Crippen LogP contribution in [0.5, 0.6) is 5.75 Å². The molecule has 1 amide bonds. The molecular formula is C28H37N3O7. The molecule has 5 N–H and O–H groups in total. The first kappa shape index (κ1) is 28.1. The van der Waals surface area contributed by atoms with Crippen LogP contribution in [0.25, 0.3) is 0 Å². The van der Waals surface area contributed by atoms with Gasteiger partial charge in [0, 0.05) is 24.1 Å². The number of phenolic OH excluding ortho intramolecular Hbond substituents is 1. The summed E-state index contributed by atoms with van der Waals surface area (Å²) in [5, 5.41) is 26.2. The Balaban J connectivity index is 1.78. The van der Waals surface area contributed by atoms with E-state index in [1.807, 2.05) is 0 Å². The van der Waals surface area contributed by atoms with Gasteiger partial charge in [-0.1, -0.05) is 39.8 Å². The van der Waals surface area contributed by atoms with E-state index < -0.39 is 63.9 Å². The molecule has 0 aliphatic heterocycles. The van der Waals surface area contributed by atoms with Crippen LogP contribution >= 0.6 is 0 Å². The molecule has 10 heteroatoms. The average molecular weight is 528 g/mol. The number of phenols is 1. The van der Waals surface area contributed by atoms with Gasteiger partial charge in [0.1, 0.15) is 5.75 Å². The third kappa shape index (κ3) is 3.92. The third-order valence-corrected chi connectivity index (χ3v) is 8.53. The molecule has 0 heterocycles. The smallest absolute Gasteiger partial charge is 0.235 e. The fraction of sp³-hybridized carbons (Fsp3) is 0.607. The minimum atomic E-state index is -2.77. The summed E-state index contributed by atoms with van der Waals surface area (Å²) in [6, 6.07) is 2.34. The number of benzene rings is 1. The van der Waals surface area contributed by atoms with Gasteiger partial charge in [-0.2, -0.15) is 0 Å². The van der Waals surface area contributed by atoms with Crippen LogP contribution in [-0.2, 0) is 32.1 Å². The molecule has 6 atom stereocenters. The minimum Gasteiger partial charge on any atom is -0.507 e. The van der Waals surface area contributed by atoms with Gasteiger partial charge in [-0.15, -0.1) is 0 Å². The lowest BCUT2D eigenvalue weighted by atomic mass is 9.46. The maximum Gasteiger partial charge on any atom is 0.235 e. The molecule has 38 heavy (non-hydrogen) atoms. The van der Waals surface area contributed by atoms with Crippen molar-refractivity contribution in [2.24, 2.45) is 34.3 Å². The first-order valence-electron chi connectivity index (χ1n) is 12.9. The Hall–Kier alpha value is -2.95. The second-order valence-corrected chi connectivity index (χ2v) is 12.7. The number of carbonyl (C=O) groups is 5. The number of hydrogen-bond acceptors (Lipinski definition) is 9. The maximum absolute atomic E-state index is 14.0. The molecule has 206 valence electrons. The van der Waals surface area contributed by atoms with Crippen molar-refractivity contribution in [3.63, 3.8) is 0 Å². The summed E-state index contributed by atoms with van der Waals surface area (Å²) in [6.45, 7) is 8.65. The number of Topliss-reactive ketones (excluding diaryl/α,β-unsaturated/α-hetero) is 4. The van der Waals surface area contributed by atoms with Gasteiger partial charge in [0.2, 0.25) is 5.91 Å². The van der Waals surface area contributed by atoms with Crippen LogP contribution in [0.1, 0.15) is 55.6 Å². The molecule has 10 nitrogen and oxygen atoms in total. The predicted molar refractivity (Wildman–Crippen MR) is 137 cm³/mol. The average Bonchev–Trinajstić information content (AvgIpc) is 2.76. The van der Waals surface area contributed by atoms with E-state index in [1.165, 1.54) is 11.8 Å². The first-order valence-corrected chi connectivity index (χ1v) is 12.9. The lowest BCUT2D eigenvalue weighted by molar-refractivity contribution is -0.197. The fourth-order valence-corrected chi connectivity index (χ4v) is 6.94. The Labute approximate surface area is 221 Å². The second kappa shape index (κ2) is 9.07. The van der Waals surface area contributed by atoms with E-state index in [1.54, 1.807) is 26.2 Å². The number of nitrogens with one attached hydrogen (secondary N) is 1. The first-order chi connectivity index (χ1) is 17.5. The molecule has 0 saturated heterocycles. The monoisotopic (exact) mass is 527 g/mol. The van der Waals surface area contributed by atoms with Crippen molar-refractivity contribution >= 4 is 29.0 Å². The van der Waals surface area contributed by atoms with E-state index in [0.29, 0.717) is 24.2 Å². The quantitative estimate of drug-likeness (QED) is 0.396. The molecule has 3 aliphatic rings. The van der Waals surface area contributed by atoms with Gasteiger partial charge in [-0.05, 0) is 43.8 Å². The number of rotatable bonds is 5. The van der Waals surface area contributed by atoms with E-state index >= 15 is 0 Å². The number of nitrogens with zero attached hydrogens (tertiary/aromatic N) is 1. The molecule has 0 bridgehead atoms. The number of fused-ring (bicyclic) bond motifs is 3. The zero-order valence-corrected chi connectivity index (χ0v) is 22.8. The van der Waals surface area contributed by atoms with Crippen LogP contribution < -0.4 is 11.1 Å². The lowest BCUT2D eigenvalue weighted by Crippen LogP contribution is -2.78. The predicted octanol–water partition coefficient (Wildman–Crippen LogP) is 0.393. The molecule has 0 radical (unpaired) electrons. The molecule has 4 rings (SSSR count). The number of likely N-dealkylation sites (N-methyl/N-ethyl adjacent to an activating group) is 1. The van der Waals surface area contributed by atoms with E-state index in [0.717, 1.165) is 0 Å². The van der Waals surface area contributed by atoms with Crippen molar-refractivity contribution in [1.29, 1.82) is 0 Å². The largest absolute Gasteiger partial charge is 0.507 e. The lowest BCUT2D eigenvalue weighted by Gasteiger charge is -2.58. The molecule has 3 aliphatic carbocycles. The van der Waals surface area contributed by atoms with Crippen LogP contribution in [0.3, 0.4) is 0 Å². The topological polar surface area (TPSA) is 167 Å². The van der Waals surface area contributed by atoms with Crippen LogP contribution in [0.4, 0.5) is 0 Å². The van der Waals surface area contributed by atoms with Gasteiger partial charge in [0.25, 0.3) is 0 Å². The Morgan fingerprint density at radius 1 is 1.16 bits per heavy atom. The van der Waals surface area contributed by atoms with E-state index in [-0.39, 0.29) is 29.6 Å². The molecule has 2 fully saturated rings. The summed E-state index contributed by atoms with van der Waals surface area (Å²) in [4.78, 5) is 68.2. The van der Waals surface area contributed by atoms with Crippen molar-refractivity contribution < 1.29 is 34.2 Å². The molecule has 0 aromatic heterocycles. The van der Waals surface area contributed by atoms with Gasteiger partial charge in [-0.25, -0.2) is 0 Å². The van der Waals surface area contributed by atoms with Gasteiger partial charge < -0.3 is 21.3 Å². The number of nitrogens with two attached hydrogens (primary N) is 1. The van der Waals surface area contributed by atoms with Crippen LogP contribution in [0, 0.1) is 28.6 Å².